The second-order valence-corrected chi connectivity index (χ2v) is 4.16. The van der Waals surface area contributed by atoms with Gasteiger partial charge in [0.05, 0.1) is 18.7 Å². The van der Waals surface area contributed by atoms with E-state index in [2.05, 4.69) is 11.4 Å². The molecule has 4 heteroatoms. The fourth-order valence-corrected chi connectivity index (χ4v) is 1.80. The fraction of sp³-hybridized carbons (Fsp3) is 0.133. The van der Waals surface area contributed by atoms with E-state index in [4.69, 9.17) is 15.7 Å². The van der Waals surface area contributed by atoms with Gasteiger partial charge in [-0.1, -0.05) is 12.1 Å². The molecule has 0 saturated heterocycles. The first-order chi connectivity index (χ1) is 9.21. The van der Waals surface area contributed by atoms with Crippen molar-refractivity contribution in [2.24, 2.45) is 0 Å². The van der Waals surface area contributed by atoms with Crippen molar-refractivity contribution in [2.45, 2.75) is 6.54 Å². The maximum absolute atomic E-state index is 8.85. The molecule has 96 valence electrons. The Kier molecular flexibility index (Phi) is 3.89. The molecule has 2 aromatic carbocycles. The summed E-state index contributed by atoms with van der Waals surface area (Å²) in [5.74, 6) is 0.716. The van der Waals surface area contributed by atoms with Crippen molar-refractivity contribution < 1.29 is 4.74 Å². The minimum Gasteiger partial charge on any atom is -0.497 e. The monoisotopic (exact) mass is 253 g/mol. The number of nitrogens with zero attached hydrogens (tertiary/aromatic N) is 1. The topological polar surface area (TPSA) is 71.1 Å². The van der Waals surface area contributed by atoms with Gasteiger partial charge < -0.3 is 15.8 Å². The number of nitrogen functional groups attached to an aromatic ring is 1. The van der Waals surface area contributed by atoms with Gasteiger partial charge in [0.15, 0.2) is 0 Å². The number of ether oxygens (including phenoxy) is 1. The van der Waals surface area contributed by atoms with Crippen molar-refractivity contribution in [3.63, 3.8) is 0 Å². The SMILES string of the molecule is COc1cc(N)cc(NCc2cccc(C#N)c2)c1. The molecule has 0 aliphatic carbocycles. The van der Waals surface area contributed by atoms with Crippen LogP contribution in [0.25, 0.3) is 0 Å². The first-order valence-electron chi connectivity index (χ1n) is 5.89. The molecule has 0 bridgehead atoms. The second kappa shape index (κ2) is 5.78. The third kappa shape index (κ3) is 3.39. The summed E-state index contributed by atoms with van der Waals surface area (Å²) in [7, 11) is 1.61. The summed E-state index contributed by atoms with van der Waals surface area (Å²) >= 11 is 0. The smallest absolute Gasteiger partial charge is 0.122 e. The van der Waals surface area contributed by atoms with Gasteiger partial charge in [-0.2, -0.15) is 5.26 Å². The molecule has 0 radical (unpaired) electrons. The van der Waals surface area contributed by atoms with E-state index < -0.39 is 0 Å². The second-order valence-electron chi connectivity index (χ2n) is 4.16. The van der Waals surface area contributed by atoms with E-state index in [0.29, 0.717) is 23.5 Å². The van der Waals surface area contributed by atoms with Crippen LogP contribution in [0.2, 0.25) is 0 Å². The molecule has 0 saturated carbocycles. The molecule has 0 unspecified atom stereocenters. The number of nitrogens with two attached hydrogens (primary N) is 1. The molecular formula is C15H15N3O. The summed E-state index contributed by atoms with van der Waals surface area (Å²) in [6.07, 6.45) is 0. The van der Waals surface area contributed by atoms with Crippen LogP contribution in [-0.4, -0.2) is 7.11 Å². The van der Waals surface area contributed by atoms with Gasteiger partial charge in [0.25, 0.3) is 0 Å². The number of nitrogens with one attached hydrogen (secondary N) is 1. The van der Waals surface area contributed by atoms with Crippen LogP contribution in [0, 0.1) is 11.3 Å². The van der Waals surface area contributed by atoms with Gasteiger partial charge in [-0.25, -0.2) is 0 Å². The lowest BCUT2D eigenvalue weighted by molar-refractivity contribution is 0.415. The van der Waals surface area contributed by atoms with E-state index in [-0.39, 0.29) is 0 Å². The summed E-state index contributed by atoms with van der Waals surface area (Å²) in [6, 6.07) is 15.1. The van der Waals surface area contributed by atoms with Gasteiger partial charge in [-0.3, -0.25) is 0 Å². The van der Waals surface area contributed by atoms with Crippen LogP contribution in [0.1, 0.15) is 11.1 Å². The molecule has 0 aromatic heterocycles. The Labute approximate surface area is 112 Å². The van der Waals surface area contributed by atoms with Crippen molar-refractivity contribution in [2.75, 3.05) is 18.2 Å². The lowest BCUT2D eigenvalue weighted by Gasteiger charge is -2.09. The number of hydrogen-bond acceptors (Lipinski definition) is 4. The Hall–Kier alpha value is -2.67. The highest BCUT2D eigenvalue weighted by Crippen LogP contribution is 2.22. The first kappa shape index (κ1) is 12.8. The van der Waals surface area contributed by atoms with Gasteiger partial charge in [0.1, 0.15) is 5.75 Å². The standard InChI is InChI=1S/C15H15N3O/c1-19-15-7-13(17)6-14(8-15)18-10-12-4-2-3-11(5-12)9-16/h2-8,18H,10,17H2,1H3. The largest absolute Gasteiger partial charge is 0.497 e. The van der Waals surface area contributed by atoms with Crippen LogP contribution in [-0.2, 0) is 6.54 Å². The van der Waals surface area contributed by atoms with Gasteiger partial charge in [0, 0.05) is 30.1 Å². The van der Waals surface area contributed by atoms with Crippen LogP contribution >= 0.6 is 0 Å². The third-order valence-corrected chi connectivity index (χ3v) is 2.72. The predicted octanol–water partition coefficient (Wildman–Crippen LogP) is 2.76. The van der Waals surface area contributed by atoms with Crippen LogP contribution in [0.15, 0.2) is 42.5 Å². The summed E-state index contributed by atoms with van der Waals surface area (Å²) in [4.78, 5) is 0. The highest BCUT2D eigenvalue weighted by molar-refractivity contribution is 5.59. The summed E-state index contributed by atoms with van der Waals surface area (Å²) in [5, 5.41) is 12.1. The van der Waals surface area contributed by atoms with Crippen molar-refractivity contribution in [1.82, 2.24) is 0 Å². The van der Waals surface area contributed by atoms with E-state index in [1.807, 2.05) is 30.3 Å². The molecule has 0 aliphatic rings. The molecule has 0 atom stereocenters. The Bertz CT molecular complexity index is 617. The lowest BCUT2D eigenvalue weighted by Crippen LogP contribution is -2.01. The predicted molar refractivity (Wildman–Crippen MR) is 75.9 cm³/mol. The minimum absolute atomic E-state index is 0.627. The van der Waals surface area contributed by atoms with Crippen molar-refractivity contribution in [3.8, 4) is 11.8 Å². The van der Waals surface area contributed by atoms with E-state index in [1.54, 1.807) is 19.2 Å². The molecule has 0 aliphatic heterocycles. The molecule has 19 heavy (non-hydrogen) atoms. The van der Waals surface area contributed by atoms with E-state index >= 15 is 0 Å². The molecule has 2 rings (SSSR count). The zero-order chi connectivity index (χ0) is 13.7. The quantitative estimate of drug-likeness (QED) is 0.822. The maximum Gasteiger partial charge on any atom is 0.122 e. The molecule has 0 heterocycles. The Morgan fingerprint density at radius 2 is 2.11 bits per heavy atom. The molecule has 4 nitrogen and oxygen atoms in total. The number of benzene rings is 2. The number of anilines is 2. The lowest BCUT2D eigenvalue weighted by atomic mass is 10.1. The number of rotatable bonds is 4. The zero-order valence-electron chi connectivity index (χ0n) is 10.7. The minimum atomic E-state index is 0.627. The number of hydrogen-bond donors (Lipinski definition) is 2. The highest BCUT2D eigenvalue weighted by atomic mass is 16.5. The number of methoxy groups -OCH3 is 1. The van der Waals surface area contributed by atoms with Crippen LogP contribution in [0.3, 0.4) is 0 Å². The zero-order valence-corrected chi connectivity index (χ0v) is 10.7. The van der Waals surface area contributed by atoms with Gasteiger partial charge in [-0.15, -0.1) is 0 Å². The Morgan fingerprint density at radius 3 is 2.84 bits per heavy atom. The maximum atomic E-state index is 8.85. The van der Waals surface area contributed by atoms with Gasteiger partial charge in [0.2, 0.25) is 0 Å². The molecule has 2 aromatic rings. The van der Waals surface area contributed by atoms with Crippen molar-refractivity contribution in [3.05, 3.63) is 53.6 Å². The van der Waals surface area contributed by atoms with E-state index in [0.717, 1.165) is 11.3 Å². The first-order valence-corrected chi connectivity index (χ1v) is 5.89. The molecule has 0 spiro atoms. The van der Waals surface area contributed by atoms with Crippen LogP contribution in [0.5, 0.6) is 5.75 Å². The van der Waals surface area contributed by atoms with Crippen LogP contribution < -0.4 is 15.8 Å². The average molecular weight is 253 g/mol. The Morgan fingerprint density at radius 1 is 1.26 bits per heavy atom. The fourth-order valence-electron chi connectivity index (χ4n) is 1.80. The summed E-state index contributed by atoms with van der Waals surface area (Å²) in [5.41, 5.74) is 9.02. The molecule has 0 fully saturated rings. The summed E-state index contributed by atoms with van der Waals surface area (Å²) < 4.78 is 5.16. The van der Waals surface area contributed by atoms with Gasteiger partial charge in [-0.05, 0) is 23.8 Å². The average Bonchev–Trinajstić information content (AvgIpc) is 2.44. The van der Waals surface area contributed by atoms with Crippen LogP contribution in [0.4, 0.5) is 11.4 Å². The van der Waals surface area contributed by atoms with E-state index in [1.165, 1.54) is 0 Å². The molecule has 3 N–H and O–H groups in total. The van der Waals surface area contributed by atoms with E-state index in [9.17, 15) is 0 Å². The highest BCUT2D eigenvalue weighted by Gasteiger charge is 2.00. The van der Waals surface area contributed by atoms with Gasteiger partial charge >= 0.3 is 0 Å². The number of nitriles is 1. The normalized spacial score (nSPS) is 9.68. The Balaban J connectivity index is 2.10. The third-order valence-electron chi connectivity index (χ3n) is 2.72. The molecular weight excluding hydrogens is 238 g/mol. The molecule has 0 amide bonds. The summed E-state index contributed by atoms with van der Waals surface area (Å²) in [6.45, 7) is 0.627. The van der Waals surface area contributed by atoms with Crippen molar-refractivity contribution in [1.29, 1.82) is 5.26 Å². The van der Waals surface area contributed by atoms with Crippen molar-refractivity contribution >= 4 is 11.4 Å².